The van der Waals surface area contributed by atoms with E-state index in [1.54, 1.807) is 24.4 Å². The van der Waals surface area contributed by atoms with Crippen molar-refractivity contribution in [1.29, 1.82) is 0 Å². The van der Waals surface area contributed by atoms with E-state index in [0.717, 1.165) is 3.57 Å². The van der Waals surface area contributed by atoms with Crippen molar-refractivity contribution in [1.82, 2.24) is 4.98 Å². The Balaban J connectivity index is 2.22. The molecule has 0 unspecified atom stereocenters. The predicted octanol–water partition coefficient (Wildman–Crippen LogP) is 3.84. The molecule has 0 saturated heterocycles. The SMILES string of the molecule is O=C(Nc1ccc(I)cn1)c1cccc(Br)c1F. The van der Waals surface area contributed by atoms with Gasteiger partial charge in [0.15, 0.2) is 0 Å². The summed E-state index contributed by atoms with van der Waals surface area (Å²) in [5.41, 5.74) is -0.0234. The summed E-state index contributed by atoms with van der Waals surface area (Å²) in [6.07, 6.45) is 1.62. The van der Waals surface area contributed by atoms with Gasteiger partial charge in [-0.25, -0.2) is 9.37 Å². The fourth-order valence-corrected chi connectivity index (χ4v) is 2.00. The third kappa shape index (κ3) is 3.05. The van der Waals surface area contributed by atoms with Crippen LogP contribution in [-0.2, 0) is 0 Å². The van der Waals surface area contributed by atoms with Crippen LogP contribution < -0.4 is 5.32 Å². The van der Waals surface area contributed by atoms with E-state index in [0.29, 0.717) is 5.82 Å². The lowest BCUT2D eigenvalue weighted by Crippen LogP contribution is -2.14. The fraction of sp³-hybridized carbons (Fsp3) is 0. The molecule has 3 nitrogen and oxygen atoms in total. The molecule has 1 aromatic heterocycles. The van der Waals surface area contributed by atoms with E-state index in [4.69, 9.17) is 0 Å². The van der Waals surface area contributed by atoms with Crippen LogP contribution in [-0.4, -0.2) is 10.9 Å². The number of amides is 1. The lowest BCUT2D eigenvalue weighted by Gasteiger charge is -2.06. The molecular formula is C12H7BrFIN2O. The van der Waals surface area contributed by atoms with Gasteiger partial charge in [0.1, 0.15) is 11.6 Å². The molecule has 2 aromatic rings. The standard InChI is InChI=1S/C12H7BrFIN2O/c13-9-3-1-2-8(11(9)14)12(18)17-10-5-4-7(15)6-16-10/h1-6H,(H,16,17,18). The topological polar surface area (TPSA) is 42.0 Å². The summed E-state index contributed by atoms with van der Waals surface area (Å²) in [6.45, 7) is 0. The van der Waals surface area contributed by atoms with E-state index in [9.17, 15) is 9.18 Å². The Kier molecular flexibility index (Phi) is 4.28. The van der Waals surface area contributed by atoms with Crippen LogP contribution >= 0.6 is 38.5 Å². The normalized spacial score (nSPS) is 10.2. The molecule has 0 radical (unpaired) electrons. The van der Waals surface area contributed by atoms with E-state index < -0.39 is 11.7 Å². The monoisotopic (exact) mass is 420 g/mol. The molecule has 6 heteroatoms. The summed E-state index contributed by atoms with van der Waals surface area (Å²) in [6, 6.07) is 8.02. The zero-order chi connectivity index (χ0) is 13.1. The molecule has 1 heterocycles. The van der Waals surface area contributed by atoms with Gasteiger partial charge in [0.25, 0.3) is 5.91 Å². The maximum Gasteiger partial charge on any atom is 0.259 e. The summed E-state index contributed by atoms with van der Waals surface area (Å²) in [5.74, 6) is -0.720. The molecule has 0 aliphatic heterocycles. The van der Waals surface area contributed by atoms with E-state index >= 15 is 0 Å². The van der Waals surface area contributed by atoms with Gasteiger partial charge in [-0.3, -0.25) is 4.79 Å². The Morgan fingerprint density at radius 3 is 2.78 bits per heavy atom. The number of nitrogens with one attached hydrogen (secondary N) is 1. The highest BCUT2D eigenvalue weighted by Crippen LogP contribution is 2.19. The zero-order valence-electron chi connectivity index (χ0n) is 8.95. The third-order valence-corrected chi connectivity index (χ3v) is 3.42. The first kappa shape index (κ1) is 13.4. The molecule has 0 spiro atoms. The number of nitrogens with zero attached hydrogens (tertiary/aromatic N) is 1. The van der Waals surface area contributed by atoms with Crippen molar-refractivity contribution in [2.75, 3.05) is 5.32 Å². The van der Waals surface area contributed by atoms with Gasteiger partial charge in [0.05, 0.1) is 10.0 Å². The van der Waals surface area contributed by atoms with Crippen LogP contribution in [0.25, 0.3) is 0 Å². The first-order chi connectivity index (χ1) is 8.58. The number of rotatable bonds is 2. The van der Waals surface area contributed by atoms with Crippen LogP contribution in [0.3, 0.4) is 0 Å². The van der Waals surface area contributed by atoms with Crippen molar-refractivity contribution in [2.24, 2.45) is 0 Å². The molecule has 2 rings (SSSR count). The van der Waals surface area contributed by atoms with Gasteiger partial charge in [0, 0.05) is 9.77 Å². The van der Waals surface area contributed by atoms with Gasteiger partial charge in [-0.2, -0.15) is 0 Å². The summed E-state index contributed by atoms with van der Waals surface area (Å²) in [4.78, 5) is 15.9. The van der Waals surface area contributed by atoms with E-state index in [1.807, 2.05) is 0 Å². The molecule has 0 atom stereocenters. The van der Waals surface area contributed by atoms with Gasteiger partial charge in [-0.1, -0.05) is 6.07 Å². The molecule has 1 amide bonds. The number of carbonyl (C=O) groups is 1. The molecule has 1 aromatic carbocycles. The summed E-state index contributed by atoms with van der Waals surface area (Å²) in [7, 11) is 0. The molecule has 18 heavy (non-hydrogen) atoms. The van der Waals surface area contributed by atoms with Crippen molar-refractivity contribution >= 4 is 50.2 Å². The van der Waals surface area contributed by atoms with Crippen LogP contribution in [0, 0.1) is 9.39 Å². The molecule has 0 fully saturated rings. The Morgan fingerprint density at radius 2 is 2.11 bits per heavy atom. The Morgan fingerprint density at radius 1 is 1.33 bits per heavy atom. The number of benzene rings is 1. The van der Waals surface area contributed by atoms with Crippen LogP contribution in [0.4, 0.5) is 10.2 Å². The number of halogens is 3. The number of aromatic nitrogens is 1. The number of anilines is 1. The Labute approximate surface area is 125 Å². The lowest BCUT2D eigenvalue weighted by molar-refractivity contribution is 0.102. The average Bonchev–Trinajstić information content (AvgIpc) is 2.35. The van der Waals surface area contributed by atoms with Crippen molar-refractivity contribution < 1.29 is 9.18 Å². The van der Waals surface area contributed by atoms with Gasteiger partial charge < -0.3 is 5.32 Å². The number of carbonyl (C=O) groups excluding carboxylic acids is 1. The Hall–Kier alpha value is -1.02. The molecule has 0 aliphatic carbocycles. The largest absolute Gasteiger partial charge is 0.306 e. The quantitative estimate of drug-likeness (QED) is 0.750. The second kappa shape index (κ2) is 5.75. The highest BCUT2D eigenvalue weighted by atomic mass is 127. The maximum atomic E-state index is 13.7. The second-order valence-electron chi connectivity index (χ2n) is 3.42. The highest BCUT2D eigenvalue weighted by molar-refractivity contribution is 14.1. The summed E-state index contributed by atoms with van der Waals surface area (Å²) in [5, 5.41) is 2.54. The van der Waals surface area contributed by atoms with Gasteiger partial charge in [0.2, 0.25) is 0 Å². The molecule has 0 bridgehead atoms. The van der Waals surface area contributed by atoms with Crippen molar-refractivity contribution in [2.45, 2.75) is 0 Å². The summed E-state index contributed by atoms with van der Waals surface area (Å²) >= 11 is 5.15. The lowest BCUT2D eigenvalue weighted by atomic mass is 10.2. The molecule has 0 saturated carbocycles. The fourth-order valence-electron chi connectivity index (χ4n) is 1.31. The minimum absolute atomic E-state index is 0.0234. The van der Waals surface area contributed by atoms with Crippen molar-refractivity contribution in [3.05, 3.63) is 56.0 Å². The van der Waals surface area contributed by atoms with Crippen molar-refractivity contribution in [3.8, 4) is 0 Å². The average molecular weight is 421 g/mol. The minimum atomic E-state index is -0.583. The van der Waals surface area contributed by atoms with E-state index in [-0.39, 0.29) is 10.0 Å². The molecule has 1 N–H and O–H groups in total. The zero-order valence-corrected chi connectivity index (χ0v) is 12.7. The van der Waals surface area contributed by atoms with Gasteiger partial charge >= 0.3 is 0 Å². The van der Waals surface area contributed by atoms with Gasteiger partial charge in [-0.15, -0.1) is 0 Å². The Bertz CT molecular complexity index is 589. The number of pyridine rings is 1. The molecular weight excluding hydrogens is 414 g/mol. The maximum absolute atomic E-state index is 13.7. The van der Waals surface area contributed by atoms with Crippen LogP contribution in [0.2, 0.25) is 0 Å². The smallest absolute Gasteiger partial charge is 0.259 e. The predicted molar refractivity (Wildman–Crippen MR) is 79.0 cm³/mol. The van der Waals surface area contributed by atoms with Gasteiger partial charge in [-0.05, 0) is 62.8 Å². The highest BCUT2D eigenvalue weighted by Gasteiger charge is 2.14. The number of hydrogen-bond acceptors (Lipinski definition) is 2. The molecule has 0 aliphatic rings. The first-order valence-corrected chi connectivity index (χ1v) is 6.82. The minimum Gasteiger partial charge on any atom is -0.306 e. The van der Waals surface area contributed by atoms with Crippen LogP contribution in [0.5, 0.6) is 0 Å². The van der Waals surface area contributed by atoms with Crippen LogP contribution in [0.15, 0.2) is 41.0 Å². The second-order valence-corrected chi connectivity index (χ2v) is 5.52. The van der Waals surface area contributed by atoms with E-state index in [1.165, 1.54) is 12.1 Å². The number of hydrogen-bond donors (Lipinski definition) is 1. The van der Waals surface area contributed by atoms with Crippen molar-refractivity contribution in [3.63, 3.8) is 0 Å². The van der Waals surface area contributed by atoms with E-state index in [2.05, 4.69) is 48.8 Å². The third-order valence-electron chi connectivity index (χ3n) is 2.17. The first-order valence-electron chi connectivity index (χ1n) is 4.95. The summed E-state index contributed by atoms with van der Waals surface area (Å²) < 4.78 is 14.9. The van der Waals surface area contributed by atoms with Crippen LogP contribution in [0.1, 0.15) is 10.4 Å². The molecule has 92 valence electrons.